The second-order valence-electron chi connectivity index (χ2n) is 3.61. The van der Waals surface area contributed by atoms with Gasteiger partial charge in [0.1, 0.15) is 0 Å². The minimum absolute atomic E-state index is 0.578. The largest absolute Gasteiger partial charge is 0.345 e. The maximum atomic E-state index is 10.5. The Hall–Kier alpha value is -0.870. The molecular formula is C9H16N4OS. The molecular weight excluding hydrogens is 212 g/mol. The molecule has 0 aromatic heterocycles. The average molecular weight is 228 g/mol. The number of carbonyl (C=O) groups excluding carboxylic acids is 1. The summed E-state index contributed by atoms with van der Waals surface area (Å²) in [6, 6.07) is 0. The summed E-state index contributed by atoms with van der Waals surface area (Å²) in [7, 11) is 0. The highest BCUT2D eigenvalue weighted by molar-refractivity contribution is 7.99. The lowest BCUT2D eigenvalue weighted by Crippen LogP contribution is -2.33. The molecule has 0 bridgehead atoms. The first-order valence-electron chi connectivity index (χ1n) is 5.14. The lowest BCUT2D eigenvalue weighted by molar-refractivity contribution is -0.119. The number of rotatable bonds is 6. The van der Waals surface area contributed by atoms with E-state index in [9.17, 15) is 4.79 Å². The van der Waals surface area contributed by atoms with Crippen LogP contribution in [0.2, 0.25) is 0 Å². The molecule has 1 amide bonds. The number of amides is 1. The first-order chi connectivity index (χ1) is 7.36. The van der Waals surface area contributed by atoms with Gasteiger partial charge in [0.05, 0.1) is 0 Å². The first-order valence-corrected chi connectivity index (χ1v) is 6.30. The van der Waals surface area contributed by atoms with Gasteiger partial charge in [0.2, 0.25) is 6.41 Å². The molecule has 0 N–H and O–H groups in total. The van der Waals surface area contributed by atoms with Crippen LogP contribution in [0.1, 0.15) is 12.8 Å². The molecule has 84 valence electrons. The van der Waals surface area contributed by atoms with Gasteiger partial charge in [-0.3, -0.25) is 4.79 Å². The zero-order chi connectivity index (χ0) is 10.9. The standard InChI is InChI=1S/C9H16N4OS/c10-12-11-3-6-15-7-9-1-4-13(8-14)5-2-9/h8-9H,1-7H2. The number of likely N-dealkylation sites (tertiary alicyclic amines) is 1. The van der Waals surface area contributed by atoms with E-state index >= 15 is 0 Å². The molecule has 1 saturated heterocycles. The molecule has 1 aliphatic heterocycles. The average Bonchev–Trinajstić information content (AvgIpc) is 2.30. The van der Waals surface area contributed by atoms with Crippen molar-refractivity contribution in [2.75, 3.05) is 31.1 Å². The van der Waals surface area contributed by atoms with E-state index in [1.165, 1.54) is 0 Å². The van der Waals surface area contributed by atoms with Crippen molar-refractivity contribution in [3.05, 3.63) is 10.4 Å². The third kappa shape index (κ3) is 4.95. The molecule has 0 unspecified atom stereocenters. The number of hydrogen-bond acceptors (Lipinski definition) is 3. The van der Waals surface area contributed by atoms with E-state index < -0.39 is 0 Å². The number of nitrogens with zero attached hydrogens (tertiary/aromatic N) is 4. The highest BCUT2D eigenvalue weighted by atomic mass is 32.2. The van der Waals surface area contributed by atoms with Gasteiger partial charge in [0.15, 0.2) is 0 Å². The highest BCUT2D eigenvalue weighted by Crippen LogP contribution is 2.20. The number of carbonyl (C=O) groups is 1. The SMILES string of the molecule is [N-]=[N+]=NCCSCC1CCN(C=O)CC1. The van der Waals surface area contributed by atoms with Crippen molar-refractivity contribution in [3.8, 4) is 0 Å². The fourth-order valence-corrected chi connectivity index (χ4v) is 2.67. The van der Waals surface area contributed by atoms with Crippen LogP contribution in [0.15, 0.2) is 5.11 Å². The van der Waals surface area contributed by atoms with E-state index in [1.807, 2.05) is 16.7 Å². The number of thioether (sulfide) groups is 1. The summed E-state index contributed by atoms with van der Waals surface area (Å²) in [4.78, 5) is 15.0. The van der Waals surface area contributed by atoms with Gasteiger partial charge in [-0.25, -0.2) is 0 Å². The minimum atomic E-state index is 0.578. The molecule has 0 aromatic rings. The van der Waals surface area contributed by atoms with E-state index in [0.717, 1.165) is 49.8 Å². The van der Waals surface area contributed by atoms with Gasteiger partial charge < -0.3 is 4.90 Å². The Bertz CT molecular complexity index is 234. The zero-order valence-electron chi connectivity index (χ0n) is 8.71. The molecule has 0 aliphatic carbocycles. The van der Waals surface area contributed by atoms with Gasteiger partial charge in [0.25, 0.3) is 0 Å². The fraction of sp³-hybridized carbons (Fsp3) is 0.889. The lowest BCUT2D eigenvalue weighted by atomic mass is 10.00. The Labute approximate surface area is 93.8 Å². The highest BCUT2D eigenvalue weighted by Gasteiger charge is 2.17. The van der Waals surface area contributed by atoms with E-state index in [0.29, 0.717) is 6.54 Å². The van der Waals surface area contributed by atoms with Crippen LogP contribution >= 0.6 is 11.8 Å². The molecule has 15 heavy (non-hydrogen) atoms. The quantitative estimate of drug-likeness (QED) is 0.229. The van der Waals surface area contributed by atoms with Gasteiger partial charge >= 0.3 is 0 Å². The molecule has 0 spiro atoms. The Balaban J connectivity index is 2.03. The van der Waals surface area contributed by atoms with E-state index in [2.05, 4.69) is 10.0 Å². The second kappa shape index (κ2) is 7.43. The normalized spacial score (nSPS) is 17.2. The molecule has 0 aromatic carbocycles. The summed E-state index contributed by atoms with van der Waals surface area (Å²) in [5.74, 6) is 2.74. The van der Waals surface area contributed by atoms with Gasteiger partial charge in [0, 0.05) is 24.5 Å². The van der Waals surface area contributed by atoms with Crippen molar-refractivity contribution >= 4 is 18.2 Å². The van der Waals surface area contributed by atoms with Crippen LogP contribution in [0.5, 0.6) is 0 Å². The molecule has 0 radical (unpaired) electrons. The van der Waals surface area contributed by atoms with Gasteiger partial charge in [-0.15, -0.1) is 0 Å². The Morgan fingerprint density at radius 1 is 1.53 bits per heavy atom. The van der Waals surface area contributed by atoms with Crippen molar-refractivity contribution in [1.82, 2.24) is 4.90 Å². The van der Waals surface area contributed by atoms with Crippen LogP contribution in [0, 0.1) is 5.92 Å². The molecule has 1 heterocycles. The molecule has 6 heteroatoms. The summed E-state index contributed by atoms with van der Waals surface area (Å²) < 4.78 is 0. The van der Waals surface area contributed by atoms with E-state index in [1.54, 1.807) is 0 Å². The second-order valence-corrected chi connectivity index (χ2v) is 4.76. The topological polar surface area (TPSA) is 69.1 Å². The van der Waals surface area contributed by atoms with Crippen molar-refractivity contribution < 1.29 is 4.79 Å². The third-order valence-corrected chi connectivity index (χ3v) is 3.73. The number of hydrogen-bond donors (Lipinski definition) is 0. The zero-order valence-corrected chi connectivity index (χ0v) is 9.53. The van der Waals surface area contributed by atoms with Gasteiger partial charge in [-0.2, -0.15) is 11.8 Å². The first kappa shape index (κ1) is 12.2. The molecule has 0 atom stereocenters. The summed E-state index contributed by atoms with van der Waals surface area (Å²) in [5.41, 5.74) is 8.08. The number of piperidine rings is 1. The predicted octanol–water partition coefficient (Wildman–Crippen LogP) is 1.90. The van der Waals surface area contributed by atoms with Crippen molar-refractivity contribution in [3.63, 3.8) is 0 Å². The van der Waals surface area contributed by atoms with E-state index in [4.69, 9.17) is 5.53 Å². The van der Waals surface area contributed by atoms with Crippen molar-refractivity contribution in [1.29, 1.82) is 0 Å². The van der Waals surface area contributed by atoms with Gasteiger partial charge in [-0.1, -0.05) is 5.11 Å². The minimum Gasteiger partial charge on any atom is -0.345 e. The summed E-state index contributed by atoms with van der Waals surface area (Å²) >= 11 is 1.84. The van der Waals surface area contributed by atoms with Crippen LogP contribution < -0.4 is 0 Å². The fourth-order valence-electron chi connectivity index (χ4n) is 1.63. The van der Waals surface area contributed by atoms with Crippen LogP contribution in [-0.4, -0.2) is 42.4 Å². The summed E-state index contributed by atoms with van der Waals surface area (Å²) in [6.45, 7) is 2.37. The van der Waals surface area contributed by atoms with Crippen LogP contribution in [0.25, 0.3) is 10.4 Å². The summed E-state index contributed by atoms with van der Waals surface area (Å²) in [5, 5.41) is 3.48. The molecule has 1 rings (SSSR count). The smallest absolute Gasteiger partial charge is 0.209 e. The molecule has 5 nitrogen and oxygen atoms in total. The number of azide groups is 1. The molecule has 1 aliphatic rings. The lowest BCUT2D eigenvalue weighted by Gasteiger charge is -2.28. The van der Waals surface area contributed by atoms with Crippen LogP contribution in [-0.2, 0) is 4.79 Å². The third-order valence-electron chi connectivity index (χ3n) is 2.55. The molecule has 1 fully saturated rings. The Morgan fingerprint density at radius 3 is 2.87 bits per heavy atom. The predicted molar refractivity (Wildman–Crippen MR) is 61.7 cm³/mol. The van der Waals surface area contributed by atoms with Gasteiger partial charge in [-0.05, 0) is 35.8 Å². The monoisotopic (exact) mass is 228 g/mol. The Morgan fingerprint density at radius 2 is 2.27 bits per heavy atom. The van der Waals surface area contributed by atoms with Crippen molar-refractivity contribution in [2.45, 2.75) is 12.8 Å². The summed E-state index contributed by atoms with van der Waals surface area (Å²) in [6.07, 6.45) is 3.14. The van der Waals surface area contributed by atoms with E-state index in [-0.39, 0.29) is 0 Å². The maximum Gasteiger partial charge on any atom is 0.209 e. The maximum absolute atomic E-state index is 10.5. The van der Waals surface area contributed by atoms with Crippen molar-refractivity contribution in [2.24, 2.45) is 11.0 Å². The van der Waals surface area contributed by atoms with Crippen LogP contribution in [0.4, 0.5) is 0 Å². The molecule has 0 saturated carbocycles. The Kier molecular flexibility index (Phi) is 6.04. The van der Waals surface area contributed by atoms with Crippen LogP contribution in [0.3, 0.4) is 0 Å².